The highest BCUT2D eigenvalue weighted by molar-refractivity contribution is 7.87. The van der Waals surface area contributed by atoms with Crippen molar-refractivity contribution in [2.24, 2.45) is 5.41 Å². The number of carbonyl (C=O) groups is 1. The van der Waals surface area contributed by atoms with Crippen molar-refractivity contribution in [3.8, 4) is 17.2 Å². The minimum absolute atomic E-state index is 0.0226. The summed E-state index contributed by atoms with van der Waals surface area (Å²) in [6.07, 6.45) is 1.91. The summed E-state index contributed by atoms with van der Waals surface area (Å²) in [5.41, 5.74) is 0.485. The molecule has 188 valence electrons. The first-order valence-corrected chi connectivity index (χ1v) is 12.5. The second-order valence-electron chi connectivity index (χ2n) is 9.26. The molecule has 1 heterocycles. The van der Waals surface area contributed by atoms with E-state index in [9.17, 15) is 13.2 Å². The van der Waals surface area contributed by atoms with Crippen LogP contribution in [-0.4, -0.2) is 33.4 Å². The van der Waals surface area contributed by atoms with E-state index < -0.39 is 10.1 Å². The second-order valence-corrected chi connectivity index (χ2v) is 10.8. The Morgan fingerprint density at radius 3 is 2.23 bits per heavy atom. The first kappa shape index (κ1) is 26.2. The number of ether oxygens (including phenoxy) is 2. The minimum atomic E-state index is -4.13. The van der Waals surface area contributed by atoms with Crippen LogP contribution in [0, 0.1) is 5.41 Å². The summed E-state index contributed by atoms with van der Waals surface area (Å²) in [5.74, 6) is 1.42. The number of hydrogen-bond donors (Lipinski definition) is 0. The van der Waals surface area contributed by atoms with E-state index in [1.54, 1.807) is 41.5 Å². The first-order valence-electron chi connectivity index (χ1n) is 11.1. The highest BCUT2D eigenvalue weighted by atomic mass is 32.2. The molecule has 0 fully saturated rings. The summed E-state index contributed by atoms with van der Waals surface area (Å²) in [7, 11) is -1.20. The van der Waals surface area contributed by atoms with Gasteiger partial charge in [-0.1, -0.05) is 26.8 Å². The number of furan rings is 1. The second kappa shape index (κ2) is 10.9. The van der Waals surface area contributed by atoms with Gasteiger partial charge in [-0.2, -0.15) is 8.42 Å². The van der Waals surface area contributed by atoms with Crippen LogP contribution in [0.3, 0.4) is 0 Å². The Kier molecular flexibility index (Phi) is 8.11. The maximum atomic E-state index is 13.1. The van der Waals surface area contributed by atoms with Crippen molar-refractivity contribution in [1.29, 1.82) is 0 Å². The third-order valence-electron chi connectivity index (χ3n) is 5.11. The lowest BCUT2D eigenvalue weighted by molar-refractivity contribution is -0.134. The molecule has 0 atom stereocenters. The molecule has 35 heavy (non-hydrogen) atoms. The molecule has 0 aliphatic rings. The Morgan fingerprint density at radius 2 is 1.66 bits per heavy atom. The molecule has 3 aromatic rings. The molecule has 0 spiro atoms. The fraction of sp³-hybridized carbons (Fsp3) is 0.346. The molecule has 0 saturated heterocycles. The lowest BCUT2D eigenvalue weighted by Gasteiger charge is -2.26. The summed E-state index contributed by atoms with van der Waals surface area (Å²) in [4.78, 5) is 14.7. The van der Waals surface area contributed by atoms with Crippen LogP contribution in [0.5, 0.6) is 17.2 Å². The van der Waals surface area contributed by atoms with Gasteiger partial charge in [-0.25, -0.2) is 0 Å². The van der Waals surface area contributed by atoms with Gasteiger partial charge >= 0.3 is 10.1 Å². The molecular formula is C26H31NO7S. The Balaban J connectivity index is 1.87. The number of nitrogens with zero attached hydrogens (tertiary/aromatic N) is 1. The van der Waals surface area contributed by atoms with Crippen molar-refractivity contribution in [2.45, 2.75) is 45.2 Å². The highest BCUT2D eigenvalue weighted by Gasteiger charge is 2.24. The number of rotatable bonds is 10. The average Bonchev–Trinajstić information content (AvgIpc) is 3.31. The fourth-order valence-electron chi connectivity index (χ4n) is 3.40. The van der Waals surface area contributed by atoms with E-state index in [2.05, 4.69) is 0 Å². The molecule has 0 unspecified atom stereocenters. The summed E-state index contributed by atoms with van der Waals surface area (Å²) in [6.45, 7) is 6.52. The number of benzene rings is 2. The van der Waals surface area contributed by atoms with Gasteiger partial charge in [0, 0.05) is 13.0 Å². The van der Waals surface area contributed by atoms with Gasteiger partial charge in [-0.05, 0) is 59.5 Å². The van der Waals surface area contributed by atoms with E-state index in [4.69, 9.17) is 18.1 Å². The van der Waals surface area contributed by atoms with E-state index >= 15 is 0 Å². The standard InChI is InChI=1S/C26H31NO7S/c1-26(2,3)16-25(28)27(18-21-7-6-14-33-21)17-19-8-13-23(32-5)24(15-19)34-35(29,30)22-11-9-20(31-4)10-12-22/h6-15H,16-18H2,1-5H3. The van der Waals surface area contributed by atoms with Crippen molar-refractivity contribution >= 4 is 16.0 Å². The number of hydrogen-bond acceptors (Lipinski definition) is 7. The fourth-order valence-corrected chi connectivity index (χ4v) is 4.33. The van der Waals surface area contributed by atoms with Crippen molar-refractivity contribution in [3.63, 3.8) is 0 Å². The van der Waals surface area contributed by atoms with Crippen LogP contribution in [0.15, 0.2) is 70.2 Å². The van der Waals surface area contributed by atoms with E-state index in [1.165, 1.54) is 38.5 Å². The van der Waals surface area contributed by atoms with Gasteiger partial charge in [0.1, 0.15) is 16.4 Å². The molecule has 0 bridgehead atoms. The number of methoxy groups -OCH3 is 2. The molecule has 0 aliphatic heterocycles. The molecule has 0 saturated carbocycles. The predicted octanol–water partition coefficient (Wildman–Crippen LogP) is 5.03. The molecule has 0 radical (unpaired) electrons. The molecule has 0 N–H and O–H groups in total. The monoisotopic (exact) mass is 501 g/mol. The van der Waals surface area contributed by atoms with E-state index in [1.807, 2.05) is 20.8 Å². The zero-order valence-corrected chi connectivity index (χ0v) is 21.4. The summed E-state index contributed by atoms with van der Waals surface area (Å²) in [6, 6.07) is 14.4. The van der Waals surface area contributed by atoms with E-state index in [-0.39, 0.29) is 40.8 Å². The topological polar surface area (TPSA) is 95.3 Å². The Morgan fingerprint density at radius 1 is 0.943 bits per heavy atom. The first-order chi connectivity index (χ1) is 16.5. The lowest BCUT2D eigenvalue weighted by Crippen LogP contribution is -2.32. The van der Waals surface area contributed by atoms with Crippen molar-refractivity contribution in [1.82, 2.24) is 4.90 Å². The number of amides is 1. The number of carbonyl (C=O) groups excluding carboxylic acids is 1. The van der Waals surface area contributed by atoms with Gasteiger partial charge in [-0.3, -0.25) is 4.79 Å². The maximum Gasteiger partial charge on any atom is 0.339 e. The van der Waals surface area contributed by atoms with Gasteiger partial charge in [0.2, 0.25) is 5.91 Å². The molecule has 1 aromatic heterocycles. The van der Waals surface area contributed by atoms with Gasteiger partial charge < -0.3 is 23.0 Å². The van der Waals surface area contributed by atoms with Gasteiger partial charge in [-0.15, -0.1) is 0 Å². The van der Waals surface area contributed by atoms with Crippen LogP contribution in [0.4, 0.5) is 0 Å². The van der Waals surface area contributed by atoms with E-state index in [0.717, 1.165) is 0 Å². The highest BCUT2D eigenvalue weighted by Crippen LogP contribution is 2.32. The molecule has 1 amide bonds. The Bertz CT molecular complexity index is 1230. The van der Waals surface area contributed by atoms with Gasteiger partial charge in [0.05, 0.1) is 27.0 Å². The Labute approximate surface area is 206 Å². The van der Waals surface area contributed by atoms with Gasteiger partial charge in [0.25, 0.3) is 0 Å². The summed E-state index contributed by atoms with van der Waals surface area (Å²) < 4.78 is 47.1. The zero-order valence-electron chi connectivity index (χ0n) is 20.6. The van der Waals surface area contributed by atoms with Crippen LogP contribution in [0.25, 0.3) is 0 Å². The van der Waals surface area contributed by atoms with Crippen molar-refractivity contribution in [2.75, 3.05) is 14.2 Å². The van der Waals surface area contributed by atoms with Crippen LogP contribution in [0.1, 0.15) is 38.5 Å². The molecule has 3 rings (SSSR count). The molecule has 0 aliphatic carbocycles. The molecule has 9 heteroatoms. The Hall–Kier alpha value is -3.46. The van der Waals surface area contributed by atoms with Crippen LogP contribution in [0.2, 0.25) is 0 Å². The van der Waals surface area contributed by atoms with Crippen LogP contribution >= 0.6 is 0 Å². The van der Waals surface area contributed by atoms with Crippen molar-refractivity contribution in [3.05, 3.63) is 72.2 Å². The van der Waals surface area contributed by atoms with Crippen LogP contribution < -0.4 is 13.7 Å². The third-order valence-corrected chi connectivity index (χ3v) is 6.36. The van der Waals surface area contributed by atoms with Crippen LogP contribution in [-0.2, 0) is 28.0 Å². The third kappa shape index (κ3) is 7.26. The summed E-state index contributed by atoms with van der Waals surface area (Å²) in [5, 5.41) is 0. The smallest absolute Gasteiger partial charge is 0.339 e. The molecular weight excluding hydrogens is 470 g/mol. The normalized spacial score (nSPS) is 11.7. The quantitative estimate of drug-likeness (QED) is 0.360. The average molecular weight is 502 g/mol. The van der Waals surface area contributed by atoms with E-state index in [0.29, 0.717) is 23.5 Å². The SMILES string of the molecule is COc1ccc(S(=O)(=O)Oc2cc(CN(Cc3ccco3)C(=O)CC(C)(C)C)ccc2OC)cc1. The lowest BCUT2D eigenvalue weighted by atomic mass is 9.91. The zero-order chi connectivity index (χ0) is 25.6. The molecule has 8 nitrogen and oxygen atoms in total. The van der Waals surface area contributed by atoms with Gasteiger partial charge in [0.15, 0.2) is 11.5 Å². The van der Waals surface area contributed by atoms with Crippen molar-refractivity contribution < 1.29 is 31.3 Å². The predicted molar refractivity (Wildman–Crippen MR) is 131 cm³/mol. The molecule has 2 aromatic carbocycles. The summed E-state index contributed by atoms with van der Waals surface area (Å²) >= 11 is 0. The maximum absolute atomic E-state index is 13.1. The minimum Gasteiger partial charge on any atom is -0.497 e. The largest absolute Gasteiger partial charge is 0.497 e.